The van der Waals surface area contributed by atoms with E-state index in [0.717, 1.165) is 17.4 Å². The fourth-order valence-corrected chi connectivity index (χ4v) is 2.20. The summed E-state index contributed by atoms with van der Waals surface area (Å²) in [5.74, 6) is 0.929. The summed E-state index contributed by atoms with van der Waals surface area (Å²) in [4.78, 5) is 8.43. The van der Waals surface area contributed by atoms with Crippen LogP contribution in [0.25, 0.3) is 0 Å². The van der Waals surface area contributed by atoms with E-state index in [9.17, 15) is 0 Å². The van der Waals surface area contributed by atoms with Gasteiger partial charge in [-0.15, -0.1) is 11.8 Å². The van der Waals surface area contributed by atoms with Crippen molar-refractivity contribution in [1.29, 1.82) is 0 Å². The van der Waals surface area contributed by atoms with Crippen LogP contribution in [0, 0.1) is 5.41 Å². The Balaban J connectivity index is 2.42. The standard InChI is InChI=1S/C14H25N3S/c1-5-6-7-8-14(2,3)10-15-12-9-13(18-4)17-11-16-12/h9,11H,5-8,10H2,1-4H3,(H,15,16,17). The van der Waals surface area contributed by atoms with E-state index in [0.29, 0.717) is 5.41 Å². The zero-order valence-electron chi connectivity index (χ0n) is 12.0. The van der Waals surface area contributed by atoms with Crippen molar-refractivity contribution in [2.75, 3.05) is 18.1 Å². The smallest absolute Gasteiger partial charge is 0.130 e. The Bertz CT molecular complexity index is 353. The Morgan fingerprint density at radius 3 is 2.72 bits per heavy atom. The van der Waals surface area contributed by atoms with E-state index in [1.165, 1.54) is 25.7 Å². The van der Waals surface area contributed by atoms with Gasteiger partial charge < -0.3 is 5.32 Å². The average molecular weight is 267 g/mol. The minimum absolute atomic E-state index is 0.319. The van der Waals surface area contributed by atoms with Crippen LogP contribution in [0.15, 0.2) is 17.4 Å². The number of rotatable bonds is 8. The summed E-state index contributed by atoms with van der Waals surface area (Å²) >= 11 is 1.64. The summed E-state index contributed by atoms with van der Waals surface area (Å²) in [7, 11) is 0. The highest BCUT2D eigenvalue weighted by atomic mass is 32.2. The van der Waals surface area contributed by atoms with Gasteiger partial charge in [0.15, 0.2) is 0 Å². The molecule has 0 fully saturated rings. The van der Waals surface area contributed by atoms with Crippen LogP contribution in [-0.2, 0) is 0 Å². The second-order valence-electron chi connectivity index (χ2n) is 5.42. The third-order valence-corrected chi connectivity index (χ3v) is 3.70. The van der Waals surface area contributed by atoms with E-state index >= 15 is 0 Å². The highest BCUT2D eigenvalue weighted by Gasteiger charge is 2.17. The van der Waals surface area contributed by atoms with Crippen molar-refractivity contribution in [1.82, 2.24) is 9.97 Å². The van der Waals surface area contributed by atoms with Gasteiger partial charge in [-0.1, -0.05) is 40.0 Å². The molecule has 1 rings (SSSR count). The van der Waals surface area contributed by atoms with Gasteiger partial charge in [-0.2, -0.15) is 0 Å². The van der Waals surface area contributed by atoms with Crippen LogP contribution < -0.4 is 5.32 Å². The minimum Gasteiger partial charge on any atom is -0.369 e. The molecule has 0 amide bonds. The first-order valence-corrected chi connectivity index (χ1v) is 7.90. The molecule has 1 N–H and O–H groups in total. The number of aromatic nitrogens is 2. The fourth-order valence-electron chi connectivity index (χ4n) is 1.82. The maximum absolute atomic E-state index is 4.25. The van der Waals surface area contributed by atoms with Crippen molar-refractivity contribution in [3.63, 3.8) is 0 Å². The van der Waals surface area contributed by atoms with E-state index in [1.54, 1.807) is 18.1 Å². The lowest BCUT2D eigenvalue weighted by Gasteiger charge is -2.25. The number of unbranched alkanes of at least 4 members (excludes halogenated alkanes) is 2. The molecule has 0 spiro atoms. The molecule has 4 heteroatoms. The predicted molar refractivity (Wildman–Crippen MR) is 80.2 cm³/mol. The minimum atomic E-state index is 0.319. The summed E-state index contributed by atoms with van der Waals surface area (Å²) < 4.78 is 0. The number of nitrogens with one attached hydrogen (secondary N) is 1. The fraction of sp³-hybridized carbons (Fsp3) is 0.714. The van der Waals surface area contributed by atoms with Crippen LogP contribution in [0.1, 0.15) is 46.5 Å². The topological polar surface area (TPSA) is 37.8 Å². The van der Waals surface area contributed by atoms with Crippen molar-refractivity contribution in [3.05, 3.63) is 12.4 Å². The van der Waals surface area contributed by atoms with Gasteiger partial charge in [-0.05, 0) is 18.1 Å². The van der Waals surface area contributed by atoms with Crippen LogP contribution in [0.5, 0.6) is 0 Å². The van der Waals surface area contributed by atoms with E-state index in [4.69, 9.17) is 0 Å². The van der Waals surface area contributed by atoms with Gasteiger partial charge in [0.05, 0.1) is 0 Å². The molecule has 18 heavy (non-hydrogen) atoms. The van der Waals surface area contributed by atoms with Crippen molar-refractivity contribution >= 4 is 17.6 Å². The molecule has 0 saturated carbocycles. The number of nitrogens with zero attached hydrogens (tertiary/aromatic N) is 2. The summed E-state index contributed by atoms with van der Waals surface area (Å²) in [6, 6.07) is 2.01. The maximum atomic E-state index is 4.25. The maximum Gasteiger partial charge on any atom is 0.130 e. The lowest BCUT2D eigenvalue weighted by Crippen LogP contribution is -2.23. The number of thioether (sulfide) groups is 1. The van der Waals surface area contributed by atoms with E-state index < -0.39 is 0 Å². The molecule has 0 bridgehead atoms. The second-order valence-corrected chi connectivity index (χ2v) is 6.25. The average Bonchev–Trinajstić information content (AvgIpc) is 2.37. The van der Waals surface area contributed by atoms with E-state index in [-0.39, 0.29) is 0 Å². The van der Waals surface area contributed by atoms with Gasteiger partial charge in [0.2, 0.25) is 0 Å². The van der Waals surface area contributed by atoms with Crippen LogP contribution in [0.2, 0.25) is 0 Å². The quantitative estimate of drug-likeness (QED) is 0.435. The van der Waals surface area contributed by atoms with E-state index in [1.807, 2.05) is 12.3 Å². The molecule has 0 aliphatic carbocycles. The Labute approximate surface area is 115 Å². The largest absolute Gasteiger partial charge is 0.369 e. The number of anilines is 1. The summed E-state index contributed by atoms with van der Waals surface area (Å²) in [6.07, 6.45) is 8.83. The third-order valence-electron chi connectivity index (χ3n) is 3.06. The highest BCUT2D eigenvalue weighted by Crippen LogP contribution is 2.24. The second kappa shape index (κ2) is 7.62. The Morgan fingerprint density at radius 2 is 2.06 bits per heavy atom. The van der Waals surface area contributed by atoms with Gasteiger partial charge in [0.1, 0.15) is 17.2 Å². The van der Waals surface area contributed by atoms with Gasteiger partial charge in [-0.25, -0.2) is 9.97 Å². The first-order valence-electron chi connectivity index (χ1n) is 6.67. The first kappa shape index (κ1) is 15.3. The Morgan fingerprint density at radius 1 is 1.28 bits per heavy atom. The molecule has 102 valence electrons. The molecular formula is C14H25N3S. The summed E-state index contributed by atoms with van der Waals surface area (Å²) in [5.41, 5.74) is 0.319. The Kier molecular flexibility index (Phi) is 6.47. The van der Waals surface area contributed by atoms with Gasteiger partial charge in [0, 0.05) is 12.6 Å². The molecule has 1 heterocycles. The predicted octanol–water partition coefficient (Wildman–Crippen LogP) is 4.22. The molecule has 0 radical (unpaired) electrons. The molecule has 0 atom stereocenters. The number of hydrogen-bond donors (Lipinski definition) is 1. The summed E-state index contributed by atoms with van der Waals surface area (Å²) in [5, 5.41) is 4.43. The molecular weight excluding hydrogens is 242 g/mol. The molecule has 0 aliphatic rings. The van der Waals surface area contributed by atoms with Crippen LogP contribution in [0.4, 0.5) is 5.82 Å². The molecule has 3 nitrogen and oxygen atoms in total. The van der Waals surface area contributed by atoms with Crippen molar-refractivity contribution < 1.29 is 0 Å². The van der Waals surface area contributed by atoms with Crippen molar-refractivity contribution in [2.24, 2.45) is 5.41 Å². The molecule has 1 aromatic heterocycles. The van der Waals surface area contributed by atoms with Crippen LogP contribution in [0.3, 0.4) is 0 Å². The van der Waals surface area contributed by atoms with Crippen molar-refractivity contribution in [2.45, 2.75) is 51.5 Å². The normalized spacial score (nSPS) is 11.6. The molecule has 0 saturated heterocycles. The zero-order valence-corrected chi connectivity index (χ0v) is 12.8. The van der Waals surface area contributed by atoms with Crippen LogP contribution in [-0.4, -0.2) is 22.8 Å². The third kappa shape index (κ3) is 5.71. The monoisotopic (exact) mass is 267 g/mol. The molecule has 0 unspecified atom stereocenters. The van der Waals surface area contributed by atoms with Gasteiger partial charge in [-0.3, -0.25) is 0 Å². The number of hydrogen-bond acceptors (Lipinski definition) is 4. The lowest BCUT2D eigenvalue weighted by molar-refractivity contribution is 0.342. The van der Waals surface area contributed by atoms with Crippen molar-refractivity contribution in [3.8, 4) is 0 Å². The lowest BCUT2D eigenvalue weighted by atomic mass is 9.87. The SMILES string of the molecule is CCCCCC(C)(C)CNc1cc(SC)ncn1. The van der Waals surface area contributed by atoms with Gasteiger partial charge in [0.25, 0.3) is 0 Å². The van der Waals surface area contributed by atoms with Gasteiger partial charge >= 0.3 is 0 Å². The Hall–Kier alpha value is -0.770. The molecule has 1 aromatic rings. The van der Waals surface area contributed by atoms with E-state index in [2.05, 4.69) is 36.1 Å². The molecule has 0 aliphatic heterocycles. The van der Waals surface area contributed by atoms with Crippen LogP contribution >= 0.6 is 11.8 Å². The zero-order chi connectivity index (χ0) is 13.4. The first-order chi connectivity index (χ1) is 8.57. The summed E-state index contributed by atoms with van der Waals surface area (Å²) in [6.45, 7) is 7.83. The molecule has 0 aromatic carbocycles. The highest BCUT2D eigenvalue weighted by molar-refractivity contribution is 7.98.